The monoisotopic (exact) mass is 197 g/mol. The van der Waals surface area contributed by atoms with E-state index >= 15 is 0 Å². The highest BCUT2D eigenvalue weighted by molar-refractivity contribution is 6.45. The van der Waals surface area contributed by atoms with Crippen molar-refractivity contribution in [3.8, 4) is 0 Å². The van der Waals surface area contributed by atoms with Crippen LogP contribution >= 0.6 is 0 Å². The molecule has 1 aliphatic rings. The van der Waals surface area contributed by atoms with Crippen molar-refractivity contribution in [2.75, 3.05) is 0 Å². The summed E-state index contributed by atoms with van der Waals surface area (Å²) < 4.78 is 0. The molecule has 0 radical (unpaired) electrons. The smallest absolute Gasteiger partial charge is 0.288 e. The summed E-state index contributed by atoms with van der Waals surface area (Å²) in [5.74, 6) is -0.967. The van der Waals surface area contributed by atoms with Crippen molar-refractivity contribution in [3.05, 3.63) is 0 Å². The van der Waals surface area contributed by atoms with Crippen LogP contribution in [-0.2, 0) is 9.59 Å². The SMILES string of the molecule is CCCC(CC)N=C1NC(=O)C(=O)N1. The maximum absolute atomic E-state index is 10.8. The van der Waals surface area contributed by atoms with E-state index in [4.69, 9.17) is 0 Å². The lowest BCUT2D eigenvalue weighted by molar-refractivity contribution is -0.135. The van der Waals surface area contributed by atoms with Crippen molar-refractivity contribution in [1.82, 2.24) is 10.6 Å². The van der Waals surface area contributed by atoms with Gasteiger partial charge in [-0.2, -0.15) is 0 Å². The molecular formula is C9H15N3O2. The average Bonchev–Trinajstić information content (AvgIpc) is 2.45. The van der Waals surface area contributed by atoms with Gasteiger partial charge in [0.1, 0.15) is 0 Å². The second kappa shape index (κ2) is 4.74. The Balaban J connectivity index is 2.59. The van der Waals surface area contributed by atoms with Crippen LogP contribution in [0.1, 0.15) is 33.1 Å². The Kier molecular flexibility index (Phi) is 3.62. The number of aliphatic imine (C=N–C) groups is 1. The van der Waals surface area contributed by atoms with Crippen molar-refractivity contribution < 1.29 is 9.59 Å². The highest BCUT2D eigenvalue weighted by atomic mass is 16.2. The van der Waals surface area contributed by atoms with Crippen LogP contribution in [0.5, 0.6) is 0 Å². The molecule has 1 heterocycles. The summed E-state index contributed by atoms with van der Waals surface area (Å²) in [6.45, 7) is 4.11. The molecule has 1 rings (SSSR count). The van der Waals surface area contributed by atoms with Crippen LogP contribution in [0.25, 0.3) is 0 Å². The Labute approximate surface area is 83.0 Å². The number of hydrogen-bond acceptors (Lipinski definition) is 3. The minimum atomic E-state index is -0.630. The third-order valence-corrected chi connectivity index (χ3v) is 2.07. The fraction of sp³-hybridized carbons (Fsp3) is 0.667. The van der Waals surface area contributed by atoms with E-state index in [9.17, 15) is 9.59 Å². The summed E-state index contributed by atoms with van der Waals surface area (Å²) in [6, 6.07) is 0.175. The summed E-state index contributed by atoms with van der Waals surface area (Å²) in [4.78, 5) is 25.9. The Hall–Kier alpha value is -1.39. The molecule has 0 aromatic heterocycles. The third kappa shape index (κ3) is 2.55. The van der Waals surface area contributed by atoms with Crippen LogP contribution in [0.4, 0.5) is 0 Å². The standard InChI is InChI=1S/C9H15N3O2/c1-3-5-6(4-2)10-9-11-7(13)8(14)12-9/h6H,3-5H2,1-2H3,(H2,10,11,12,13,14). The van der Waals surface area contributed by atoms with E-state index in [1.807, 2.05) is 6.92 Å². The predicted molar refractivity (Wildman–Crippen MR) is 52.7 cm³/mol. The lowest BCUT2D eigenvalue weighted by Crippen LogP contribution is -2.27. The number of carbonyl (C=O) groups excluding carboxylic acids is 2. The van der Waals surface area contributed by atoms with Gasteiger partial charge in [0.2, 0.25) is 5.96 Å². The van der Waals surface area contributed by atoms with Gasteiger partial charge in [-0.15, -0.1) is 0 Å². The van der Waals surface area contributed by atoms with Gasteiger partial charge in [-0.3, -0.25) is 20.2 Å². The van der Waals surface area contributed by atoms with Gasteiger partial charge in [0.15, 0.2) is 0 Å². The van der Waals surface area contributed by atoms with E-state index in [1.165, 1.54) is 0 Å². The number of nitrogens with zero attached hydrogens (tertiary/aromatic N) is 1. The van der Waals surface area contributed by atoms with Crippen LogP contribution in [0, 0.1) is 0 Å². The number of carbonyl (C=O) groups is 2. The number of nitrogens with one attached hydrogen (secondary N) is 2. The minimum absolute atomic E-state index is 0.175. The largest absolute Gasteiger partial charge is 0.316 e. The van der Waals surface area contributed by atoms with Crippen molar-refractivity contribution in [1.29, 1.82) is 0 Å². The van der Waals surface area contributed by atoms with Crippen molar-refractivity contribution in [2.45, 2.75) is 39.2 Å². The first-order valence-electron chi connectivity index (χ1n) is 4.87. The van der Waals surface area contributed by atoms with E-state index in [-0.39, 0.29) is 6.04 Å². The van der Waals surface area contributed by atoms with Crippen LogP contribution in [0.3, 0.4) is 0 Å². The molecule has 0 aromatic carbocycles. The van der Waals surface area contributed by atoms with Gasteiger partial charge in [-0.05, 0) is 12.8 Å². The molecule has 1 saturated heterocycles. The van der Waals surface area contributed by atoms with Gasteiger partial charge < -0.3 is 0 Å². The topological polar surface area (TPSA) is 70.6 Å². The first-order chi connectivity index (χ1) is 6.67. The van der Waals surface area contributed by atoms with E-state index in [2.05, 4.69) is 22.5 Å². The number of hydrogen-bond donors (Lipinski definition) is 2. The second-order valence-corrected chi connectivity index (χ2v) is 3.24. The molecule has 78 valence electrons. The minimum Gasteiger partial charge on any atom is -0.288 e. The van der Waals surface area contributed by atoms with Crippen LogP contribution in [0.2, 0.25) is 0 Å². The third-order valence-electron chi connectivity index (χ3n) is 2.07. The molecular weight excluding hydrogens is 182 g/mol. The number of amides is 2. The predicted octanol–water partition coefficient (Wildman–Crippen LogP) is 0.167. The maximum atomic E-state index is 10.8. The molecule has 5 heteroatoms. The number of guanidine groups is 1. The molecule has 0 bridgehead atoms. The molecule has 14 heavy (non-hydrogen) atoms. The van der Waals surface area contributed by atoms with Crippen molar-refractivity contribution in [3.63, 3.8) is 0 Å². The molecule has 0 saturated carbocycles. The molecule has 1 unspecified atom stereocenters. The molecule has 1 atom stereocenters. The molecule has 1 aliphatic heterocycles. The lowest BCUT2D eigenvalue weighted by atomic mass is 10.1. The van der Waals surface area contributed by atoms with E-state index in [0.717, 1.165) is 19.3 Å². The van der Waals surface area contributed by atoms with Gasteiger partial charge in [0, 0.05) is 0 Å². The first-order valence-corrected chi connectivity index (χ1v) is 4.87. The van der Waals surface area contributed by atoms with Gasteiger partial charge in [0.25, 0.3) is 0 Å². The average molecular weight is 197 g/mol. The maximum Gasteiger partial charge on any atom is 0.316 e. The molecule has 2 N–H and O–H groups in total. The summed E-state index contributed by atoms with van der Waals surface area (Å²) in [5, 5.41) is 4.75. The van der Waals surface area contributed by atoms with Crippen LogP contribution in [-0.4, -0.2) is 23.8 Å². The molecule has 0 spiro atoms. The molecule has 0 aliphatic carbocycles. The zero-order chi connectivity index (χ0) is 10.6. The normalized spacial score (nSPS) is 17.7. The second-order valence-electron chi connectivity index (χ2n) is 3.24. The van der Waals surface area contributed by atoms with Crippen LogP contribution in [0.15, 0.2) is 4.99 Å². The van der Waals surface area contributed by atoms with Gasteiger partial charge >= 0.3 is 11.8 Å². The summed E-state index contributed by atoms with van der Waals surface area (Å²) in [5.41, 5.74) is 0. The highest BCUT2D eigenvalue weighted by Gasteiger charge is 2.25. The Morgan fingerprint density at radius 2 is 1.79 bits per heavy atom. The fourth-order valence-corrected chi connectivity index (χ4v) is 1.30. The Morgan fingerprint density at radius 1 is 1.21 bits per heavy atom. The molecule has 1 fully saturated rings. The zero-order valence-electron chi connectivity index (χ0n) is 8.46. The summed E-state index contributed by atoms with van der Waals surface area (Å²) in [6.07, 6.45) is 2.91. The number of rotatable bonds is 4. The summed E-state index contributed by atoms with van der Waals surface area (Å²) in [7, 11) is 0. The fourth-order valence-electron chi connectivity index (χ4n) is 1.30. The van der Waals surface area contributed by atoms with Crippen molar-refractivity contribution >= 4 is 17.8 Å². The van der Waals surface area contributed by atoms with Gasteiger partial charge in [-0.25, -0.2) is 4.99 Å². The Morgan fingerprint density at radius 3 is 2.21 bits per heavy atom. The molecule has 2 amide bonds. The van der Waals surface area contributed by atoms with Crippen molar-refractivity contribution in [2.24, 2.45) is 4.99 Å². The zero-order valence-corrected chi connectivity index (χ0v) is 8.46. The first kappa shape index (κ1) is 10.7. The summed E-state index contributed by atoms with van der Waals surface area (Å²) >= 11 is 0. The van der Waals surface area contributed by atoms with Gasteiger partial charge in [-0.1, -0.05) is 20.3 Å². The van der Waals surface area contributed by atoms with E-state index in [0.29, 0.717) is 5.96 Å². The Bertz CT molecular complexity index is 255. The van der Waals surface area contributed by atoms with Crippen LogP contribution < -0.4 is 10.6 Å². The molecule has 0 aromatic rings. The van der Waals surface area contributed by atoms with E-state index in [1.54, 1.807) is 0 Å². The highest BCUT2D eigenvalue weighted by Crippen LogP contribution is 2.06. The quantitative estimate of drug-likeness (QED) is 0.630. The van der Waals surface area contributed by atoms with Gasteiger partial charge in [0.05, 0.1) is 6.04 Å². The lowest BCUT2D eigenvalue weighted by Gasteiger charge is -2.08. The molecule has 5 nitrogen and oxygen atoms in total. The van der Waals surface area contributed by atoms with E-state index < -0.39 is 11.8 Å².